The van der Waals surface area contributed by atoms with Gasteiger partial charge in [-0.05, 0) is 24.3 Å². The zero-order chi connectivity index (χ0) is 16.1. The van der Waals surface area contributed by atoms with Gasteiger partial charge in [-0.25, -0.2) is 4.79 Å². The monoisotopic (exact) mass is 320 g/mol. The number of hydrogen-bond donors (Lipinski definition) is 1. The fourth-order valence-electron chi connectivity index (χ4n) is 2.28. The van der Waals surface area contributed by atoms with Gasteiger partial charge in [0.15, 0.2) is 0 Å². The number of rotatable bonds is 4. The fourth-order valence-corrected chi connectivity index (χ4v) is 2.40. The highest BCUT2D eigenvalue weighted by Gasteiger charge is 2.32. The number of benzene rings is 1. The number of hydrogen-bond acceptors (Lipinski definition) is 3. The molecule has 0 aromatic heterocycles. The largest absolute Gasteiger partial charge is 0.333 e. The number of carbonyl (C=O) groups is 2. The Hall–Kier alpha value is -2.26. The molecule has 0 saturated carbocycles. The zero-order valence-electron chi connectivity index (χ0n) is 12.3. The summed E-state index contributed by atoms with van der Waals surface area (Å²) in [5, 5.41) is 12.0. The third-order valence-electron chi connectivity index (χ3n) is 3.50. The summed E-state index contributed by atoms with van der Waals surface area (Å²) in [7, 11) is 1.63. The molecule has 1 fully saturated rings. The first-order chi connectivity index (χ1) is 10.5. The molecule has 22 heavy (non-hydrogen) atoms. The highest BCUT2D eigenvalue weighted by Crippen LogP contribution is 2.23. The van der Waals surface area contributed by atoms with Crippen molar-refractivity contribution >= 4 is 29.2 Å². The van der Waals surface area contributed by atoms with Gasteiger partial charge in [0.25, 0.3) is 0 Å². The Morgan fingerprint density at radius 3 is 2.82 bits per heavy atom. The molecular formula is C15H17ClN4O2. The van der Waals surface area contributed by atoms with Crippen LogP contribution in [0.25, 0.3) is 0 Å². The van der Waals surface area contributed by atoms with Gasteiger partial charge >= 0.3 is 6.03 Å². The van der Waals surface area contributed by atoms with Crippen molar-refractivity contribution < 1.29 is 9.59 Å². The van der Waals surface area contributed by atoms with Crippen molar-refractivity contribution in [2.24, 2.45) is 0 Å². The predicted octanol–water partition coefficient (Wildman–Crippen LogP) is 2.00. The maximum atomic E-state index is 12.1. The van der Waals surface area contributed by atoms with Crippen LogP contribution >= 0.6 is 11.6 Å². The fraction of sp³-hybridized carbons (Fsp3) is 0.400. The van der Waals surface area contributed by atoms with E-state index >= 15 is 0 Å². The van der Waals surface area contributed by atoms with Crippen LogP contribution in [0.5, 0.6) is 0 Å². The molecule has 0 radical (unpaired) electrons. The maximum Gasteiger partial charge on any atom is 0.317 e. The summed E-state index contributed by atoms with van der Waals surface area (Å²) in [6.07, 6.45) is 0.547. The Balaban J connectivity index is 1.93. The number of anilines is 1. The van der Waals surface area contributed by atoms with Gasteiger partial charge in [-0.15, -0.1) is 0 Å². The van der Waals surface area contributed by atoms with E-state index in [9.17, 15) is 9.59 Å². The summed E-state index contributed by atoms with van der Waals surface area (Å²) in [4.78, 5) is 27.1. The van der Waals surface area contributed by atoms with Crippen LogP contribution in [-0.2, 0) is 4.79 Å². The highest BCUT2D eigenvalue weighted by atomic mass is 35.5. The molecule has 1 atom stereocenters. The SMILES string of the molecule is CN(CCC#N)C(=O)NC1CC(=O)N(c2ccc(Cl)cc2)C1. The predicted molar refractivity (Wildman–Crippen MR) is 83.6 cm³/mol. The van der Waals surface area contributed by atoms with Gasteiger partial charge in [0.2, 0.25) is 5.91 Å². The highest BCUT2D eigenvalue weighted by molar-refractivity contribution is 6.30. The Morgan fingerprint density at radius 2 is 2.18 bits per heavy atom. The van der Waals surface area contributed by atoms with Crippen LogP contribution in [0.2, 0.25) is 5.02 Å². The summed E-state index contributed by atoms with van der Waals surface area (Å²) in [6.45, 7) is 0.794. The molecule has 7 heteroatoms. The van der Waals surface area contributed by atoms with E-state index < -0.39 is 0 Å². The van der Waals surface area contributed by atoms with Crippen molar-refractivity contribution in [1.29, 1.82) is 5.26 Å². The molecule has 1 heterocycles. The van der Waals surface area contributed by atoms with Crippen molar-refractivity contribution in [3.8, 4) is 6.07 Å². The smallest absolute Gasteiger partial charge is 0.317 e. The van der Waals surface area contributed by atoms with Gasteiger partial charge in [0, 0.05) is 37.3 Å². The Bertz CT molecular complexity index is 597. The quantitative estimate of drug-likeness (QED) is 0.921. The Kier molecular flexibility index (Phi) is 5.23. The molecular weight excluding hydrogens is 304 g/mol. The summed E-state index contributed by atoms with van der Waals surface area (Å²) < 4.78 is 0. The molecule has 116 valence electrons. The van der Waals surface area contributed by atoms with Crippen LogP contribution in [0.15, 0.2) is 24.3 Å². The summed E-state index contributed by atoms with van der Waals surface area (Å²) in [5.74, 6) is -0.0349. The third kappa shape index (κ3) is 3.89. The second-order valence-electron chi connectivity index (χ2n) is 5.16. The second kappa shape index (κ2) is 7.14. The first-order valence-electron chi connectivity index (χ1n) is 6.95. The van der Waals surface area contributed by atoms with Gasteiger partial charge in [-0.3, -0.25) is 4.79 Å². The molecule has 1 N–H and O–H groups in total. The Labute approximate surface area is 134 Å². The van der Waals surface area contributed by atoms with Crippen LogP contribution < -0.4 is 10.2 Å². The van der Waals surface area contributed by atoms with Crippen LogP contribution in [0.4, 0.5) is 10.5 Å². The van der Waals surface area contributed by atoms with E-state index in [1.807, 2.05) is 6.07 Å². The molecule has 0 spiro atoms. The number of nitriles is 1. The van der Waals surface area contributed by atoms with E-state index in [-0.39, 0.29) is 30.8 Å². The summed E-state index contributed by atoms with van der Waals surface area (Å²) >= 11 is 5.84. The van der Waals surface area contributed by atoms with Crippen LogP contribution in [-0.4, -0.2) is 43.0 Å². The van der Waals surface area contributed by atoms with E-state index in [1.165, 1.54) is 4.90 Å². The van der Waals surface area contributed by atoms with Gasteiger partial charge in [-0.1, -0.05) is 11.6 Å². The van der Waals surface area contributed by atoms with E-state index in [4.69, 9.17) is 16.9 Å². The van der Waals surface area contributed by atoms with Gasteiger partial charge in [-0.2, -0.15) is 5.26 Å². The third-order valence-corrected chi connectivity index (χ3v) is 3.75. The molecule has 6 nitrogen and oxygen atoms in total. The molecule has 0 bridgehead atoms. The number of urea groups is 1. The lowest BCUT2D eigenvalue weighted by Crippen LogP contribution is -2.44. The molecule has 1 aromatic carbocycles. The van der Waals surface area contributed by atoms with E-state index in [0.29, 0.717) is 18.1 Å². The topological polar surface area (TPSA) is 76.4 Å². The van der Waals surface area contributed by atoms with Gasteiger partial charge in [0.1, 0.15) is 0 Å². The summed E-state index contributed by atoms with van der Waals surface area (Å²) in [6, 6.07) is 8.50. The number of nitrogens with zero attached hydrogens (tertiary/aromatic N) is 3. The molecule has 0 aliphatic carbocycles. The lowest BCUT2D eigenvalue weighted by molar-refractivity contribution is -0.117. The summed E-state index contributed by atoms with van der Waals surface area (Å²) in [5.41, 5.74) is 0.768. The molecule has 1 saturated heterocycles. The van der Waals surface area contributed by atoms with E-state index in [0.717, 1.165) is 5.69 Å². The van der Waals surface area contributed by atoms with Crippen molar-refractivity contribution in [3.05, 3.63) is 29.3 Å². The standard InChI is InChI=1S/C15H17ClN4O2/c1-19(8-2-7-17)15(22)18-12-9-14(21)20(10-12)13-5-3-11(16)4-6-13/h3-6,12H,2,8-10H2,1H3,(H,18,22). The van der Waals surface area contributed by atoms with Crippen molar-refractivity contribution in [1.82, 2.24) is 10.2 Å². The zero-order valence-corrected chi connectivity index (χ0v) is 13.0. The van der Waals surface area contributed by atoms with Crippen molar-refractivity contribution in [2.45, 2.75) is 18.9 Å². The number of halogens is 1. The van der Waals surface area contributed by atoms with Crippen LogP contribution in [0, 0.1) is 11.3 Å². The van der Waals surface area contributed by atoms with Gasteiger partial charge in [0.05, 0.1) is 18.5 Å². The van der Waals surface area contributed by atoms with E-state index in [1.54, 1.807) is 36.2 Å². The minimum atomic E-state index is -0.272. The van der Waals surface area contributed by atoms with Crippen molar-refractivity contribution in [3.63, 3.8) is 0 Å². The molecule has 1 aliphatic heterocycles. The first kappa shape index (κ1) is 16.1. The average molecular weight is 321 g/mol. The lowest BCUT2D eigenvalue weighted by Gasteiger charge is -2.20. The molecule has 2 rings (SSSR count). The van der Waals surface area contributed by atoms with Gasteiger partial charge < -0.3 is 15.1 Å². The number of nitrogens with one attached hydrogen (secondary N) is 1. The Morgan fingerprint density at radius 1 is 1.50 bits per heavy atom. The molecule has 1 aliphatic rings. The maximum absolute atomic E-state index is 12.1. The minimum Gasteiger partial charge on any atom is -0.333 e. The normalized spacial score (nSPS) is 17.2. The first-order valence-corrected chi connectivity index (χ1v) is 7.33. The number of amides is 3. The minimum absolute atomic E-state index is 0.0349. The molecule has 1 unspecified atom stereocenters. The molecule has 1 aromatic rings. The second-order valence-corrected chi connectivity index (χ2v) is 5.60. The number of carbonyl (C=O) groups excluding carboxylic acids is 2. The van der Waals surface area contributed by atoms with E-state index in [2.05, 4.69) is 5.32 Å². The average Bonchev–Trinajstić information content (AvgIpc) is 2.86. The lowest BCUT2D eigenvalue weighted by atomic mass is 10.2. The molecule has 3 amide bonds. The van der Waals surface area contributed by atoms with Crippen LogP contribution in [0.3, 0.4) is 0 Å². The van der Waals surface area contributed by atoms with Crippen molar-refractivity contribution in [2.75, 3.05) is 25.0 Å². The van der Waals surface area contributed by atoms with Crippen LogP contribution in [0.1, 0.15) is 12.8 Å².